The van der Waals surface area contributed by atoms with Gasteiger partial charge in [-0.25, -0.2) is 0 Å². The first-order valence-corrected chi connectivity index (χ1v) is 54.9. The number of fused-ring (bicyclic) bond motifs is 20. The molecule has 0 bridgehead atoms. The fraction of sp³-hybridized carbons (Fsp3) is 0.866. The van der Waals surface area contributed by atoms with Gasteiger partial charge in [-0.3, -0.25) is 19.2 Å². The molecule has 0 spiro atoms. The number of esters is 4. The van der Waals surface area contributed by atoms with Gasteiger partial charge in [-0.1, -0.05) is 274 Å². The Morgan fingerprint density at radius 1 is 0.291 bits per heavy atom. The molecule has 0 N–H and O–H groups in total. The molecule has 0 saturated heterocycles. The third-order valence-corrected chi connectivity index (χ3v) is 43.2. The lowest BCUT2D eigenvalue weighted by molar-refractivity contribution is -0.163. The molecule has 0 amide bonds. The van der Waals surface area contributed by atoms with Crippen LogP contribution >= 0.6 is 0 Å². The number of allylic oxidation sites excluding steroid dienone is 4. The number of ether oxygens (including phenoxy) is 4. The van der Waals surface area contributed by atoms with Crippen molar-refractivity contribution in [2.45, 2.75) is 465 Å². The molecule has 0 radical (unpaired) electrons. The van der Waals surface area contributed by atoms with Crippen LogP contribution in [0.4, 0.5) is 0 Å². The van der Waals surface area contributed by atoms with Crippen molar-refractivity contribution in [2.24, 2.45) is 185 Å². The van der Waals surface area contributed by atoms with Crippen LogP contribution in [-0.4, -0.2) is 48.3 Å². The number of carbonyl (C=O) groups excluding carboxylic acids is 4. The molecule has 32 unspecified atom stereocenters. The van der Waals surface area contributed by atoms with Crippen LogP contribution in [0.25, 0.3) is 0 Å². The molecule has 0 aliphatic heterocycles. The first kappa shape index (κ1) is 97.5. The van der Waals surface area contributed by atoms with Crippen LogP contribution in [0.5, 0.6) is 0 Å². The van der Waals surface area contributed by atoms with Gasteiger partial charge in [0.2, 0.25) is 0 Å². The Morgan fingerprint density at radius 2 is 0.520 bits per heavy atom. The predicted molar refractivity (Wildman–Crippen MR) is 521 cm³/mol. The molecule has 32 atom stereocenters. The lowest BCUT2D eigenvalue weighted by Gasteiger charge is -2.58. The van der Waals surface area contributed by atoms with E-state index in [4.69, 9.17) is 18.9 Å². The van der Waals surface area contributed by atoms with Gasteiger partial charge in [0.25, 0.3) is 0 Å². The molecule has 710 valence electrons. The standard InChI is InChI=1S/C62H94O4.C57H92O4/c1-41(2)17-15-19-43(5)51-27-29-53-49-25-23-45-39-47(31-35-59(45,7)55(49)33-37-61(51,53)9)65-57(63)21-13-11-12-14-22-58(64)66-48-32-36-60(8)46(40-48)24-26-50-54-30-28-52(44(6)20-16-18-42(3)4)62(54,10)38-34-56(50)60;1-36(2)13-11-15-38(5)46-21-23-48-44-19-17-40-33-42(25-29-54(40,7)50(44)27-31-56(46,48)9)60-52(58)35-53(59)61-43-26-30-55(8)41(34-43)18-20-45-49-24-22-47(39(6)16-12-14-37(3)4)57(49,10)32-28-51(45)55/h23-24,41-44,47-56H,15-22,25-40H2,1-10H3;17-18,36-39,42-51H,11-16,19-35H2,1-10H3. The summed E-state index contributed by atoms with van der Waals surface area (Å²) in [6.07, 6.45) is 65.1. The second-order valence-corrected chi connectivity index (χ2v) is 51.7. The SMILES string of the molecule is CC(C)CCCC(C)C1CCC2C3CC=C4CC(OC(=O)CC#CC#CCC(=O)OC5CCC6(C)C(=CCC7C6CCC6(C)C(C(C)CCCC(C)C)CCC76)C5)CCC4(C)C3CCC12C.CC(C)CCCC(C)C1CCC2C3CC=C4CC(OC(=O)CC(=O)OC5CCC6(C)C(=CCC7C6CCC6(C)C(C(C)CCCC(C)C)CCC76)C5)CCC4(C)C3CCC12C. The van der Waals surface area contributed by atoms with Crippen molar-refractivity contribution in [3.8, 4) is 23.7 Å². The van der Waals surface area contributed by atoms with Crippen molar-refractivity contribution in [3.05, 3.63) is 46.6 Å². The highest BCUT2D eigenvalue weighted by Gasteiger charge is 2.65. The average molecular weight is 1740 g/mol. The van der Waals surface area contributed by atoms with Gasteiger partial charge < -0.3 is 18.9 Å². The van der Waals surface area contributed by atoms with Crippen molar-refractivity contribution in [3.63, 3.8) is 0 Å². The first-order valence-electron chi connectivity index (χ1n) is 54.9. The van der Waals surface area contributed by atoms with E-state index in [-0.39, 0.29) is 77.3 Å². The lowest BCUT2D eigenvalue weighted by atomic mass is 9.47. The van der Waals surface area contributed by atoms with Crippen molar-refractivity contribution >= 4 is 23.9 Å². The Morgan fingerprint density at radius 3 is 0.748 bits per heavy atom. The van der Waals surface area contributed by atoms with Crippen molar-refractivity contribution in [1.82, 2.24) is 0 Å². The van der Waals surface area contributed by atoms with Crippen LogP contribution < -0.4 is 0 Å². The summed E-state index contributed by atoms with van der Waals surface area (Å²) in [6.45, 7) is 50.2. The second kappa shape index (κ2) is 40.1. The van der Waals surface area contributed by atoms with E-state index in [1.807, 2.05) is 0 Å². The van der Waals surface area contributed by atoms with E-state index in [0.29, 0.717) is 21.7 Å². The molecule has 0 aromatic carbocycles. The molecule has 8 heteroatoms. The van der Waals surface area contributed by atoms with E-state index < -0.39 is 11.9 Å². The van der Waals surface area contributed by atoms with Crippen molar-refractivity contribution < 1.29 is 38.1 Å². The summed E-state index contributed by atoms with van der Waals surface area (Å²) in [5.74, 6) is 29.9. The van der Waals surface area contributed by atoms with Gasteiger partial charge in [0.1, 0.15) is 43.7 Å². The third-order valence-electron chi connectivity index (χ3n) is 43.2. The summed E-state index contributed by atoms with van der Waals surface area (Å²) in [6, 6.07) is 0. The summed E-state index contributed by atoms with van der Waals surface area (Å²) >= 11 is 0. The smallest absolute Gasteiger partial charge is 0.318 e. The quantitative estimate of drug-likeness (QED) is 0.0251. The maximum Gasteiger partial charge on any atom is 0.318 e. The minimum absolute atomic E-state index is 0.0316. The highest BCUT2D eigenvalue weighted by Crippen LogP contribution is 2.73. The zero-order valence-electron chi connectivity index (χ0n) is 85.0. The van der Waals surface area contributed by atoms with Crippen LogP contribution in [0.3, 0.4) is 0 Å². The van der Waals surface area contributed by atoms with E-state index in [0.717, 1.165) is 219 Å². The molecule has 16 aliphatic rings. The number of hydrogen-bond donors (Lipinski definition) is 0. The van der Waals surface area contributed by atoms with Crippen LogP contribution in [0.1, 0.15) is 440 Å². The molecular formula is C119H186O8. The largest absolute Gasteiger partial charge is 0.462 e. The van der Waals surface area contributed by atoms with Gasteiger partial charge in [-0.2, -0.15) is 0 Å². The third kappa shape index (κ3) is 19.9. The van der Waals surface area contributed by atoms with Crippen LogP contribution in [-0.2, 0) is 38.1 Å². The molecular weight excluding hydrogens is 1560 g/mol. The second-order valence-electron chi connectivity index (χ2n) is 51.7. The topological polar surface area (TPSA) is 105 Å². The average Bonchev–Trinajstić information content (AvgIpc) is 1.66. The van der Waals surface area contributed by atoms with Gasteiger partial charge in [0.05, 0.1) is 0 Å². The van der Waals surface area contributed by atoms with Gasteiger partial charge in [-0.15, -0.1) is 0 Å². The first-order chi connectivity index (χ1) is 60.4. The van der Waals surface area contributed by atoms with Gasteiger partial charge in [0, 0.05) is 25.7 Å². The number of hydrogen-bond acceptors (Lipinski definition) is 8. The van der Waals surface area contributed by atoms with E-state index in [2.05, 4.69) is 186 Å². The van der Waals surface area contributed by atoms with Gasteiger partial charge in [0.15, 0.2) is 0 Å². The Balaban J connectivity index is 0.000000196. The fourth-order valence-corrected chi connectivity index (χ4v) is 36.4. The minimum atomic E-state index is -0.393. The summed E-state index contributed by atoms with van der Waals surface area (Å²) in [5, 5.41) is 0. The molecule has 0 heterocycles. The van der Waals surface area contributed by atoms with E-state index in [1.165, 1.54) is 217 Å². The summed E-state index contributed by atoms with van der Waals surface area (Å²) in [7, 11) is 0. The van der Waals surface area contributed by atoms with E-state index in [9.17, 15) is 19.2 Å². The van der Waals surface area contributed by atoms with Gasteiger partial charge in [-0.05, 0) is 377 Å². The highest BCUT2D eigenvalue weighted by atomic mass is 16.6. The Kier molecular flexibility index (Phi) is 30.8. The molecule has 16 aliphatic carbocycles. The van der Waals surface area contributed by atoms with Crippen molar-refractivity contribution in [1.29, 1.82) is 0 Å². The summed E-state index contributed by atoms with van der Waals surface area (Å²) in [5.41, 5.74) is 9.09. The van der Waals surface area contributed by atoms with Crippen LogP contribution in [0, 0.1) is 209 Å². The van der Waals surface area contributed by atoms with Crippen LogP contribution in [0.2, 0.25) is 0 Å². The summed E-state index contributed by atoms with van der Waals surface area (Å²) < 4.78 is 24.3. The number of rotatable bonds is 28. The molecule has 0 aromatic rings. The normalized spacial score (nSPS) is 42.2. The van der Waals surface area contributed by atoms with E-state index >= 15 is 0 Å². The Hall–Kier alpha value is -4.04. The van der Waals surface area contributed by atoms with E-state index in [1.54, 1.807) is 11.1 Å². The molecule has 12 saturated carbocycles. The molecule has 127 heavy (non-hydrogen) atoms. The minimum Gasteiger partial charge on any atom is -0.462 e. The van der Waals surface area contributed by atoms with Crippen LogP contribution in [0.15, 0.2) is 46.6 Å². The lowest BCUT2D eigenvalue weighted by Crippen LogP contribution is -2.51. The Bertz CT molecular complexity index is 3830. The molecule has 0 aromatic heterocycles. The predicted octanol–water partition coefficient (Wildman–Crippen LogP) is 31.0. The Labute approximate surface area is 777 Å². The highest BCUT2D eigenvalue weighted by molar-refractivity contribution is 5.91. The molecule has 12 fully saturated rings. The molecule has 16 rings (SSSR count). The zero-order chi connectivity index (χ0) is 90.5. The maximum absolute atomic E-state index is 13.3. The molecule has 8 nitrogen and oxygen atoms in total. The van der Waals surface area contributed by atoms with Crippen molar-refractivity contribution in [2.75, 3.05) is 0 Å². The van der Waals surface area contributed by atoms with Gasteiger partial charge >= 0.3 is 23.9 Å². The number of carbonyl (C=O) groups is 4. The zero-order valence-corrected chi connectivity index (χ0v) is 85.0. The maximum atomic E-state index is 13.3. The fourth-order valence-electron chi connectivity index (χ4n) is 36.4. The monoisotopic (exact) mass is 1740 g/mol. The summed E-state index contributed by atoms with van der Waals surface area (Å²) in [4.78, 5) is 52.6.